The van der Waals surface area contributed by atoms with Gasteiger partial charge in [-0.3, -0.25) is 37.3 Å². The largest absolute Gasteiger partial charge is 0.472 e. The second kappa shape index (κ2) is 66.9. The number of ether oxygens (including phenoxy) is 4. The summed E-state index contributed by atoms with van der Waals surface area (Å²) in [4.78, 5) is 72.7. The molecule has 0 amide bonds. The first-order valence-electron chi connectivity index (χ1n) is 39.0. The van der Waals surface area contributed by atoms with E-state index in [1.807, 2.05) is 0 Å². The molecule has 19 heteroatoms. The van der Waals surface area contributed by atoms with Gasteiger partial charge in [-0.15, -0.1) is 0 Å². The minimum atomic E-state index is -4.96. The fourth-order valence-electron chi connectivity index (χ4n) is 11.5. The summed E-state index contributed by atoms with van der Waals surface area (Å²) in [6.45, 7) is 9.55. The van der Waals surface area contributed by atoms with E-state index in [0.29, 0.717) is 25.7 Å². The van der Waals surface area contributed by atoms with E-state index in [1.165, 1.54) is 199 Å². The highest BCUT2D eigenvalue weighted by Gasteiger charge is 2.30. The summed E-state index contributed by atoms with van der Waals surface area (Å²) in [5.41, 5.74) is 0. The zero-order valence-electron chi connectivity index (χ0n) is 61.3. The fraction of sp³-hybridized carbons (Fsp3) is 0.947. The molecule has 94 heavy (non-hydrogen) atoms. The molecule has 3 N–H and O–H groups in total. The van der Waals surface area contributed by atoms with Gasteiger partial charge in [0.15, 0.2) is 12.2 Å². The molecule has 0 saturated heterocycles. The quantitative estimate of drug-likeness (QED) is 0.0222. The van der Waals surface area contributed by atoms with E-state index >= 15 is 0 Å². The van der Waals surface area contributed by atoms with Crippen LogP contribution in [-0.4, -0.2) is 96.7 Å². The van der Waals surface area contributed by atoms with Gasteiger partial charge in [-0.2, -0.15) is 0 Å². The smallest absolute Gasteiger partial charge is 0.462 e. The Balaban J connectivity index is 5.20. The number of aliphatic hydroxyl groups is 1. The standard InChI is InChI=1S/C75H146O17P2/c1-7-9-11-13-15-17-18-19-20-21-24-27-30-33-40-46-52-58-73(78)86-64-71(91-74(79)59-53-47-41-34-31-28-25-22-23-26-29-32-37-43-49-55-67(3)4)66-90-94(83,84)88-62-69(76)61-87-93(81,82)89-65-70(63-85-72(77)57-51-45-39-16-14-12-10-8-2)92-75(80)60-54-48-42-36-35-38-44-50-56-68(5)6/h67-71,76H,7-66H2,1-6H3,(H,81,82)(H,83,84)/t69-,70+,71+/m0/s1. The zero-order chi connectivity index (χ0) is 69.3. The van der Waals surface area contributed by atoms with Crippen molar-refractivity contribution in [3.63, 3.8) is 0 Å². The maximum Gasteiger partial charge on any atom is 0.472 e. The van der Waals surface area contributed by atoms with Crippen LogP contribution in [-0.2, 0) is 65.4 Å². The van der Waals surface area contributed by atoms with Crippen molar-refractivity contribution >= 4 is 39.5 Å². The third-order valence-electron chi connectivity index (χ3n) is 17.5. The van der Waals surface area contributed by atoms with Gasteiger partial charge < -0.3 is 33.8 Å². The fourth-order valence-corrected chi connectivity index (χ4v) is 13.1. The van der Waals surface area contributed by atoms with E-state index in [0.717, 1.165) is 108 Å². The van der Waals surface area contributed by atoms with Gasteiger partial charge in [-0.05, 0) is 37.5 Å². The molecule has 558 valence electrons. The number of aliphatic hydroxyl groups excluding tert-OH is 1. The molecule has 0 aromatic carbocycles. The summed E-state index contributed by atoms with van der Waals surface area (Å²) in [6.07, 6.45) is 54.3. The lowest BCUT2D eigenvalue weighted by Gasteiger charge is -2.21. The lowest BCUT2D eigenvalue weighted by atomic mass is 10.0. The van der Waals surface area contributed by atoms with Crippen LogP contribution < -0.4 is 0 Å². The Morgan fingerprint density at radius 2 is 0.489 bits per heavy atom. The van der Waals surface area contributed by atoms with Crippen LogP contribution in [0.4, 0.5) is 0 Å². The van der Waals surface area contributed by atoms with Crippen molar-refractivity contribution in [2.75, 3.05) is 39.6 Å². The lowest BCUT2D eigenvalue weighted by Crippen LogP contribution is -2.30. The van der Waals surface area contributed by atoms with Gasteiger partial charge in [0.05, 0.1) is 26.4 Å². The first-order chi connectivity index (χ1) is 45.4. The second-order valence-corrected chi connectivity index (χ2v) is 30.9. The minimum Gasteiger partial charge on any atom is -0.462 e. The van der Waals surface area contributed by atoms with Crippen LogP contribution in [0.3, 0.4) is 0 Å². The number of hydrogen-bond donors (Lipinski definition) is 3. The monoisotopic (exact) mass is 1380 g/mol. The maximum atomic E-state index is 13.1. The number of phosphoric acid groups is 2. The number of rotatable bonds is 74. The van der Waals surface area contributed by atoms with Crippen LogP contribution in [0.25, 0.3) is 0 Å². The number of carbonyl (C=O) groups is 4. The van der Waals surface area contributed by atoms with Crippen LogP contribution in [0.2, 0.25) is 0 Å². The lowest BCUT2D eigenvalue weighted by molar-refractivity contribution is -0.161. The van der Waals surface area contributed by atoms with Gasteiger partial charge in [0, 0.05) is 25.7 Å². The summed E-state index contributed by atoms with van der Waals surface area (Å²) < 4.78 is 68.4. The Kier molecular flexibility index (Phi) is 65.5. The number of esters is 4. The van der Waals surface area contributed by atoms with Crippen LogP contribution in [0, 0.1) is 11.8 Å². The Hall–Kier alpha value is -1.94. The third-order valence-corrected chi connectivity index (χ3v) is 19.4. The molecule has 17 nitrogen and oxygen atoms in total. The first-order valence-corrected chi connectivity index (χ1v) is 42.0. The van der Waals surface area contributed by atoms with Gasteiger partial charge in [-0.1, -0.05) is 337 Å². The molecule has 5 atom stereocenters. The topological polar surface area (TPSA) is 237 Å². The number of hydrogen-bond acceptors (Lipinski definition) is 15. The molecule has 0 fully saturated rings. The van der Waals surface area contributed by atoms with Crippen LogP contribution in [0.5, 0.6) is 0 Å². The highest BCUT2D eigenvalue weighted by atomic mass is 31.2. The number of phosphoric ester groups is 2. The molecule has 0 aliphatic rings. The molecular weight excluding hydrogens is 1230 g/mol. The minimum absolute atomic E-state index is 0.104. The molecule has 0 aromatic rings. The van der Waals surface area contributed by atoms with Crippen molar-refractivity contribution in [2.24, 2.45) is 11.8 Å². The molecule has 0 aliphatic carbocycles. The van der Waals surface area contributed by atoms with E-state index in [9.17, 15) is 43.2 Å². The SMILES string of the molecule is CCCCCCCCCCCCCCCCCCCC(=O)OC[C@H](COP(=O)(O)OC[C@@H](O)COP(=O)(O)OC[C@@H](COC(=O)CCCCCCCCCC)OC(=O)CCCCCCCCCCC(C)C)OC(=O)CCCCCCCCCCCCCCCCCC(C)C. The van der Waals surface area contributed by atoms with Crippen LogP contribution >= 0.6 is 15.6 Å². The summed E-state index contributed by atoms with van der Waals surface area (Å²) in [5, 5.41) is 10.6. The summed E-state index contributed by atoms with van der Waals surface area (Å²) in [6, 6.07) is 0. The van der Waals surface area contributed by atoms with Crippen molar-refractivity contribution in [1.29, 1.82) is 0 Å². The molecule has 0 aliphatic heterocycles. The average molecular weight is 1380 g/mol. The number of unbranched alkanes of at least 4 members (excludes halogenated alkanes) is 44. The molecule has 0 saturated carbocycles. The molecular formula is C75H146O17P2. The van der Waals surface area contributed by atoms with Gasteiger partial charge >= 0.3 is 39.5 Å². The number of carbonyl (C=O) groups excluding carboxylic acids is 4. The Labute approximate surface area is 575 Å². The predicted octanol–water partition coefficient (Wildman–Crippen LogP) is 21.9. The Bertz CT molecular complexity index is 1820. The van der Waals surface area contributed by atoms with Crippen LogP contribution in [0.15, 0.2) is 0 Å². The maximum absolute atomic E-state index is 13.1. The average Bonchev–Trinajstić information content (AvgIpc) is 1.24. The highest BCUT2D eigenvalue weighted by molar-refractivity contribution is 7.47. The Morgan fingerprint density at radius 1 is 0.287 bits per heavy atom. The second-order valence-electron chi connectivity index (χ2n) is 28.0. The molecule has 0 rings (SSSR count). The van der Waals surface area contributed by atoms with Crippen molar-refractivity contribution in [2.45, 2.75) is 407 Å². The van der Waals surface area contributed by atoms with Gasteiger partial charge in [0.25, 0.3) is 0 Å². The predicted molar refractivity (Wildman–Crippen MR) is 381 cm³/mol. The summed E-state index contributed by atoms with van der Waals surface area (Å²) in [5.74, 6) is -0.600. The van der Waals surface area contributed by atoms with E-state index in [4.69, 9.17) is 37.0 Å². The zero-order valence-corrected chi connectivity index (χ0v) is 63.1. The van der Waals surface area contributed by atoms with Crippen molar-refractivity contribution < 1.29 is 80.2 Å². The molecule has 0 radical (unpaired) electrons. The molecule has 0 heterocycles. The van der Waals surface area contributed by atoms with E-state index in [1.54, 1.807) is 0 Å². The molecule has 0 bridgehead atoms. The van der Waals surface area contributed by atoms with E-state index in [-0.39, 0.29) is 25.7 Å². The highest BCUT2D eigenvalue weighted by Crippen LogP contribution is 2.45. The van der Waals surface area contributed by atoms with Gasteiger partial charge in [0.1, 0.15) is 19.3 Å². The van der Waals surface area contributed by atoms with Crippen LogP contribution in [0.1, 0.15) is 388 Å². The summed E-state index contributed by atoms with van der Waals surface area (Å²) >= 11 is 0. The van der Waals surface area contributed by atoms with Gasteiger partial charge in [-0.25, -0.2) is 9.13 Å². The first kappa shape index (κ1) is 92.1. The van der Waals surface area contributed by atoms with Crippen molar-refractivity contribution in [3.8, 4) is 0 Å². The van der Waals surface area contributed by atoms with Crippen molar-refractivity contribution in [1.82, 2.24) is 0 Å². The summed E-state index contributed by atoms with van der Waals surface area (Å²) in [7, 11) is -9.90. The normalized spacial score (nSPS) is 14.0. The van der Waals surface area contributed by atoms with E-state index < -0.39 is 97.5 Å². The van der Waals surface area contributed by atoms with Crippen molar-refractivity contribution in [3.05, 3.63) is 0 Å². The molecule has 0 spiro atoms. The van der Waals surface area contributed by atoms with E-state index in [2.05, 4.69) is 41.5 Å². The van der Waals surface area contributed by atoms with Gasteiger partial charge in [0.2, 0.25) is 0 Å². The third kappa shape index (κ3) is 68.6. The Morgan fingerprint density at radius 3 is 0.723 bits per heavy atom. The molecule has 0 aromatic heterocycles. The molecule has 2 unspecified atom stereocenters.